The van der Waals surface area contributed by atoms with Gasteiger partial charge in [-0.15, -0.1) is 0 Å². The lowest BCUT2D eigenvalue weighted by atomic mass is 9.92. The molecular weight excluding hydrogens is 323 g/mol. The summed E-state index contributed by atoms with van der Waals surface area (Å²) >= 11 is 0. The molecule has 0 saturated heterocycles. The van der Waals surface area contributed by atoms with Crippen LogP contribution >= 0.6 is 0 Å². The number of amides is 2. The number of hydrogen-bond donors (Lipinski definition) is 2. The minimum absolute atomic E-state index is 0.0340. The minimum Gasteiger partial charge on any atom is -0.382 e. The molecule has 6 heteroatoms. The van der Waals surface area contributed by atoms with Gasteiger partial charge in [0.05, 0.1) is 17.8 Å². The number of rotatable bonds is 6. The number of carbonyl (C=O) groups excluding carboxylic acids is 2. The molecule has 5 nitrogen and oxygen atoms in total. The Balaban J connectivity index is 2.28. The smallest absolute Gasteiger partial charge is 0.252 e. The molecular formula is C19H21FN2O3. The zero-order valence-corrected chi connectivity index (χ0v) is 14.4. The summed E-state index contributed by atoms with van der Waals surface area (Å²) in [5.41, 5.74) is 0.335. The van der Waals surface area contributed by atoms with Crippen molar-refractivity contribution in [2.24, 2.45) is 0 Å². The molecule has 0 saturated carbocycles. The predicted molar refractivity (Wildman–Crippen MR) is 93.8 cm³/mol. The fourth-order valence-corrected chi connectivity index (χ4v) is 2.56. The Kier molecular flexibility index (Phi) is 5.88. The second kappa shape index (κ2) is 7.90. The Hall–Kier alpha value is -2.73. The van der Waals surface area contributed by atoms with Crippen LogP contribution in [0.25, 0.3) is 0 Å². The van der Waals surface area contributed by atoms with Gasteiger partial charge in [-0.05, 0) is 30.7 Å². The van der Waals surface area contributed by atoms with Crippen molar-refractivity contribution in [3.8, 4) is 0 Å². The van der Waals surface area contributed by atoms with Crippen molar-refractivity contribution in [3.63, 3.8) is 0 Å². The molecule has 0 radical (unpaired) electrons. The number of hydrogen-bond acceptors (Lipinski definition) is 3. The van der Waals surface area contributed by atoms with Crippen molar-refractivity contribution in [1.82, 2.24) is 5.32 Å². The van der Waals surface area contributed by atoms with E-state index < -0.39 is 23.2 Å². The average Bonchev–Trinajstić information content (AvgIpc) is 2.57. The lowest BCUT2D eigenvalue weighted by Crippen LogP contribution is -2.46. The van der Waals surface area contributed by atoms with E-state index in [4.69, 9.17) is 4.74 Å². The summed E-state index contributed by atoms with van der Waals surface area (Å²) in [4.78, 5) is 23.8. The molecule has 0 aromatic heterocycles. The van der Waals surface area contributed by atoms with Gasteiger partial charge >= 0.3 is 0 Å². The van der Waals surface area contributed by atoms with Gasteiger partial charge in [-0.3, -0.25) is 9.59 Å². The van der Waals surface area contributed by atoms with Crippen LogP contribution in [0.2, 0.25) is 0 Å². The first-order valence-electron chi connectivity index (χ1n) is 7.80. The molecule has 0 aliphatic heterocycles. The van der Waals surface area contributed by atoms with E-state index >= 15 is 0 Å². The molecule has 0 fully saturated rings. The maximum atomic E-state index is 13.8. The van der Waals surface area contributed by atoms with Gasteiger partial charge in [0, 0.05) is 19.6 Å². The molecule has 0 aliphatic carbocycles. The van der Waals surface area contributed by atoms with E-state index in [9.17, 15) is 14.0 Å². The number of anilines is 1. The molecule has 1 atom stereocenters. The first-order valence-corrected chi connectivity index (χ1v) is 7.80. The fourth-order valence-electron chi connectivity index (χ4n) is 2.56. The second-order valence-electron chi connectivity index (χ2n) is 5.96. The van der Waals surface area contributed by atoms with Gasteiger partial charge in [-0.25, -0.2) is 4.39 Å². The highest BCUT2D eigenvalue weighted by Gasteiger charge is 2.29. The number of benzene rings is 2. The van der Waals surface area contributed by atoms with E-state index in [2.05, 4.69) is 10.6 Å². The topological polar surface area (TPSA) is 67.4 Å². The van der Waals surface area contributed by atoms with Crippen LogP contribution in [0.5, 0.6) is 0 Å². The maximum absolute atomic E-state index is 13.8. The number of methoxy groups -OCH3 is 1. The highest BCUT2D eigenvalue weighted by atomic mass is 19.1. The predicted octanol–water partition coefficient (Wildman–Crippen LogP) is 3.08. The third-order valence-electron chi connectivity index (χ3n) is 3.77. The van der Waals surface area contributed by atoms with Crippen molar-refractivity contribution in [1.29, 1.82) is 0 Å². The summed E-state index contributed by atoms with van der Waals surface area (Å²) < 4.78 is 19.0. The molecule has 0 unspecified atom stereocenters. The standard InChI is InChI=1S/C19H21FN2O3/c1-13(23)21-17-11-14(9-10-16(17)20)18(24)22-19(2,12-25-3)15-7-5-4-6-8-15/h4-11H,12H2,1-3H3,(H,21,23)(H,22,24)/t19-/m0/s1. The summed E-state index contributed by atoms with van der Waals surface area (Å²) in [5, 5.41) is 5.30. The first kappa shape index (κ1) is 18.6. The summed E-state index contributed by atoms with van der Waals surface area (Å²) in [6.07, 6.45) is 0. The van der Waals surface area contributed by atoms with E-state index in [0.717, 1.165) is 11.6 Å². The number of carbonyl (C=O) groups is 2. The molecule has 132 valence electrons. The van der Waals surface area contributed by atoms with E-state index in [-0.39, 0.29) is 17.9 Å². The van der Waals surface area contributed by atoms with Crippen molar-refractivity contribution < 1.29 is 18.7 Å². The summed E-state index contributed by atoms with van der Waals surface area (Å²) in [5.74, 6) is -1.41. The first-order chi connectivity index (χ1) is 11.9. The lowest BCUT2D eigenvalue weighted by Gasteiger charge is -2.31. The number of nitrogens with one attached hydrogen (secondary N) is 2. The second-order valence-corrected chi connectivity index (χ2v) is 5.96. The van der Waals surface area contributed by atoms with Crippen LogP contribution in [0, 0.1) is 5.82 Å². The molecule has 0 spiro atoms. The summed E-state index contributed by atoms with van der Waals surface area (Å²) in [6, 6.07) is 13.3. The van der Waals surface area contributed by atoms with Crippen LogP contribution < -0.4 is 10.6 Å². The van der Waals surface area contributed by atoms with Gasteiger partial charge in [0.15, 0.2) is 0 Å². The van der Waals surface area contributed by atoms with E-state index in [1.807, 2.05) is 37.3 Å². The number of halogens is 1. The molecule has 25 heavy (non-hydrogen) atoms. The van der Waals surface area contributed by atoms with Crippen LogP contribution in [0.15, 0.2) is 48.5 Å². The van der Waals surface area contributed by atoms with Crippen molar-refractivity contribution in [3.05, 3.63) is 65.5 Å². The minimum atomic E-state index is -0.754. The van der Waals surface area contributed by atoms with Gasteiger partial charge in [0.25, 0.3) is 5.91 Å². The van der Waals surface area contributed by atoms with Gasteiger partial charge in [-0.1, -0.05) is 30.3 Å². The van der Waals surface area contributed by atoms with Gasteiger partial charge in [0.2, 0.25) is 5.91 Å². The van der Waals surface area contributed by atoms with Crippen LogP contribution in [-0.2, 0) is 15.1 Å². The quantitative estimate of drug-likeness (QED) is 0.846. The lowest BCUT2D eigenvalue weighted by molar-refractivity contribution is -0.114. The van der Waals surface area contributed by atoms with Gasteiger partial charge in [0.1, 0.15) is 5.82 Å². The molecule has 0 aliphatic rings. The molecule has 2 aromatic carbocycles. The SMILES string of the molecule is COC[C@](C)(NC(=O)c1ccc(F)c(NC(C)=O)c1)c1ccccc1. The van der Waals surface area contributed by atoms with Crippen LogP contribution in [-0.4, -0.2) is 25.5 Å². The van der Waals surface area contributed by atoms with Gasteiger partial charge in [-0.2, -0.15) is 0 Å². The monoisotopic (exact) mass is 344 g/mol. The largest absolute Gasteiger partial charge is 0.382 e. The Morgan fingerprint density at radius 3 is 2.44 bits per heavy atom. The molecule has 2 N–H and O–H groups in total. The summed E-state index contributed by atoms with van der Waals surface area (Å²) in [7, 11) is 1.56. The highest BCUT2D eigenvalue weighted by molar-refractivity contribution is 5.97. The van der Waals surface area contributed by atoms with Crippen LogP contribution in [0.3, 0.4) is 0 Å². The Bertz CT molecular complexity index is 765. The van der Waals surface area contributed by atoms with Gasteiger partial charge < -0.3 is 15.4 Å². The van der Waals surface area contributed by atoms with E-state index in [1.54, 1.807) is 7.11 Å². The van der Waals surface area contributed by atoms with Crippen LogP contribution in [0.1, 0.15) is 29.8 Å². The molecule has 0 bridgehead atoms. The Morgan fingerprint density at radius 1 is 1.16 bits per heavy atom. The maximum Gasteiger partial charge on any atom is 0.252 e. The normalized spacial score (nSPS) is 13.0. The van der Waals surface area contributed by atoms with E-state index in [1.165, 1.54) is 19.1 Å². The molecule has 2 amide bonds. The van der Waals surface area contributed by atoms with Crippen LogP contribution in [0.4, 0.5) is 10.1 Å². The molecule has 0 heterocycles. The Morgan fingerprint density at radius 2 is 1.84 bits per heavy atom. The highest BCUT2D eigenvalue weighted by Crippen LogP contribution is 2.23. The zero-order chi connectivity index (χ0) is 18.4. The average molecular weight is 344 g/mol. The molecule has 2 rings (SSSR count). The van der Waals surface area contributed by atoms with Crippen molar-refractivity contribution >= 4 is 17.5 Å². The zero-order valence-electron chi connectivity index (χ0n) is 14.4. The van der Waals surface area contributed by atoms with Crippen molar-refractivity contribution in [2.75, 3.05) is 19.0 Å². The Labute approximate surface area is 146 Å². The number of ether oxygens (including phenoxy) is 1. The third-order valence-corrected chi connectivity index (χ3v) is 3.77. The summed E-state index contributed by atoms with van der Waals surface area (Å²) in [6.45, 7) is 3.39. The third kappa shape index (κ3) is 4.64. The molecule has 2 aromatic rings. The van der Waals surface area contributed by atoms with E-state index in [0.29, 0.717) is 0 Å². The fraction of sp³-hybridized carbons (Fsp3) is 0.263. The van der Waals surface area contributed by atoms with Crippen molar-refractivity contribution in [2.45, 2.75) is 19.4 Å².